The SMILES string of the molecule is COCCNC(=O)C(=O)Nc1nncs1. The summed E-state index contributed by atoms with van der Waals surface area (Å²) in [7, 11) is 1.51. The number of amides is 2. The van der Waals surface area contributed by atoms with Crippen molar-refractivity contribution in [3.63, 3.8) is 0 Å². The lowest BCUT2D eigenvalue weighted by Gasteiger charge is -2.02. The highest BCUT2D eigenvalue weighted by Crippen LogP contribution is 2.06. The second kappa shape index (κ2) is 6.04. The quantitative estimate of drug-likeness (QED) is 0.524. The van der Waals surface area contributed by atoms with Gasteiger partial charge in [0.1, 0.15) is 5.51 Å². The van der Waals surface area contributed by atoms with Crippen molar-refractivity contribution in [2.75, 3.05) is 25.6 Å². The molecule has 0 saturated carbocycles. The fourth-order valence-corrected chi connectivity index (χ4v) is 1.17. The van der Waals surface area contributed by atoms with Crippen molar-refractivity contribution < 1.29 is 14.3 Å². The van der Waals surface area contributed by atoms with Crippen LogP contribution in [0.2, 0.25) is 0 Å². The average Bonchev–Trinajstić information content (AvgIpc) is 2.70. The summed E-state index contributed by atoms with van der Waals surface area (Å²) < 4.78 is 4.71. The van der Waals surface area contributed by atoms with Gasteiger partial charge in [-0.25, -0.2) is 0 Å². The van der Waals surface area contributed by atoms with Gasteiger partial charge >= 0.3 is 11.8 Å². The Morgan fingerprint density at radius 3 is 2.93 bits per heavy atom. The second-order valence-corrected chi connectivity index (χ2v) is 3.28. The minimum atomic E-state index is -0.761. The Kier molecular flexibility index (Phi) is 4.64. The van der Waals surface area contributed by atoms with E-state index in [2.05, 4.69) is 20.8 Å². The molecule has 0 fully saturated rings. The highest BCUT2D eigenvalue weighted by Gasteiger charge is 2.13. The molecule has 0 radical (unpaired) electrons. The third-order valence-corrected chi connectivity index (χ3v) is 1.99. The lowest BCUT2D eigenvalue weighted by molar-refractivity contribution is -0.136. The molecule has 0 aliphatic carbocycles. The topological polar surface area (TPSA) is 93.2 Å². The third kappa shape index (κ3) is 4.00. The predicted octanol–water partition coefficient (Wildman–Crippen LogP) is -0.761. The maximum Gasteiger partial charge on any atom is 0.315 e. The van der Waals surface area contributed by atoms with Gasteiger partial charge < -0.3 is 10.1 Å². The van der Waals surface area contributed by atoms with Gasteiger partial charge in [0.25, 0.3) is 0 Å². The van der Waals surface area contributed by atoms with Crippen LogP contribution in [0, 0.1) is 0 Å². The molecule has 0 unspecified atom stereocenters. The first-order chi connectivity index (χ1) is 7.24. The average molecular weight is 230 g/mol. The van der Waals surface area contributed by atoms with Crippen LogP contribution in [0.3, 0.4) is 0 Å². The molecule has 0 saturated heterocycles. The van der Waals surface area contributed by atoms with Crippen LogP contribution in [-0.4, -0.2) is 42.3 Å². The number of methoxy groups -OCH3 is 1. The van der Waals surface area contributed by atoms with Crippen LogP contribution in [0.25, 0.3) is 0 Å². The molecular weight excluding hydrogens is 220 g/mol. The van der Waals surface area contributed by atoms with Crippen LogP contribution in [-0.2, 0) is 14.3 Å². The summed E-state index contributed by atoms with van der Waals surface area (Å²) in [6.07, 6.45) is 0. The third-order valence-electron chi connectivity index (χ3n) is 1.38. The number of hydrogen-bond donors (Lipinski definition) is 2. The normalized spacial score (nSPS) is 9.67. The first-order valence-corrected chi connectivity index (χ1v) is 4.96. The molecule has 0 aliphatic heterocycles. The number of nitrogens with zero attached hydrogens (tertiary/aromatic N) is 2. The van der Waals surface area contributed by atoms with E-state index in [0.717, 1.165) is 11.3 Å². The van der Waals surface area contributed by atoms with E-state index in [0.29, 0.717) is 18.3 Å². The first kappa shape index (κ1) is 11.5. The Bertz CT molecular complexity index is 327. The molecule has 1 heterocycles. The van der Waals surface area contributed by atoms with E-state index in [1.807, 2.05) is 0 Å². The zero-order chi connectivity index (χ0) is 11.1. The van der Waals surface area contributed by atoms with Crippen LogP contribution in [0.1, 0.15) is 0 Å². The van der Waals surface area contributed by atoms with Crippen molar-refractivity contribution in [1.29, 1.82) is 0 Å². The summed E-state index contributed by atoms with van der Waals surface area (Å²) in [4.78, 5) is 22.3. The molecule has 0 aliphatic rings. The number of rotatable bonds is 4. The molecule has 0 bridgehead atoms. The molecule has 2 amide bonds. The maximum atomic E-state index is 11.2. The van der Waals surface area contributed by atoms with E-state index >= 15 is 0 Å². The van der Waals surface area contributed by atoms with Gasteiger partial charge in [0.05, 0.1) is 6.61 Å². The van der Waals surface area contributed by atoms with Crippen molar-refractivity contribution in [3.05, 3.63) is 5.51 Å². The molecule has 7 nitrogen and oxygen atoms in total. The summed E-state index contributed by atoms with van der Waals surface area (Å²) in [5.41, 5.74) is 1.46. The fraction of sp³-hybridized carbons (Fsp3) is 0.429. The predicted molar refractivity (Wildman–Crippen MR) is 53.4 cm³/mol. The Labute approximate surface area is 89.8 Å². The summed E-state index contributed by atoms with van der Waals surface area (Å²) in [5.74, 6) is -1.48. The van der Waals surface area contributed by atoms with Gasteiger partial charge in [-0.1, -0.05) is 11.3 Å². The molecule has 8 heteroatoms. The standard InChI is InChI=1S/C7H10N4O3S/c1-14-3-2-8-5(12)6(13)10-7-11-9-4-15-7/h4H,2-3H2,1H3,(H,8,12)(H,10,11,13). The first-order valence-electron chi connectivity index (χ1n) is 4.08. The van der Waals surface area contributed by atoms with E-state index in [1.165, 1.54) is 12.6 Å². The Hall–Kier alpha value is -1.54. The van der Waals surface area contributed by atoms with E-state index < -0.39 is 11.8 Å². The number of carbonyl (C=O) groups is 2. The number of ether oxygens (including phenoxy) is 1. The van der Waals surface area contributed by atoms with Crippen LogP contribution in [0.4, 0.5) is 5.13 Å². The Balaban J connectivity index is 2.30. The minimum absolute atomic E-state index is 0.291. The fourth-order valence-electron chi connectivity index (χ4n) is 0.728. The largest absolute Gasteiger partial charge is 0.383 e. The van der Waals surface area contributed by atoms with E-state index in [4.69, 9.17) is 4.74 Å². The lowest BCUT2D eigenvalue weighted by Crippen LogP contribution is -2.37. The number of aromatic nitrogens is 2. The molecule has 2 N–H and O–H groups in total. The molecule has 1 rings (SSSR count). The zero-order valence-corrected chi connectivity index (χ0v) is 8.84. The van der Waals surface area contributed by atoms with Crippen LogP contribution in [0.5, 0.6) is 0 Å². The number of hydrogen-bond acceptors (Lipinski definition) is 6. The number of carbonyl (C=O) groups excluding carboxylic acids is 2. The van der Waals surface area contributed by atoms with Crippen LogP contribution >= 0.6 is 11.3 Å². The van der Waals surface area contributed by atoms with Gasteiger partial charge in [-0.15, -0.1) is 10.2 Å². The molecule has 82 valence electrons. The number of nitrogens with one attached hydrogen (secondary N) is 2. The van der Waals surface area contributed by atoms with Crippen molar-refractivity contribution in [3.8, 4) is 0 Å². The van der Waals surface area contributed by atoms with Crippen molar-refractivity contribution in [2.45, 2.75) is 0 Å². The van der Waals surface area contributed by atoms with Crippen molar-refractivity contribution >= 4 is 28.3 Å². The molecular formula is C7H10N4O3S. The van der Waals surface area contributed by atoms with E-state index in [1.54, 1.807) is 0 Å². The van der Waals surface area contributed by atoms with Gasteiger partial charge in [0.2, 0.25) is 5.13 Å². The molecule has 15 heavy (non-hydrogen) atoms. The van der Waals surface area contributed by atoms with Gasteiger partial charge in [-0.2, -0.15) is 0 Å². The monoisotopic (exact) mass is 230 g/mol. The highest BCUT2D eigenvalue weighted by molar-refractivity contribution is 7.13. The van der Waals surface area contributed by atoms with Crippen LogP contribution in [0.15, 0.2) is 5.51 Å². The molecule has 1 aromatic rings. The van der Waals surface area contributed by atoms with Crippen molar-refractivity contribution in [1.82, 2.24) is 15.5 Å². The van der Waals surface area contributed by atoms with Gasteiger partial charge in [-0.3, -0.25) is 14.9 Å². The zero-order valence-electron chi connectivity index (χ0n) is 8.02. The maximum absolute atomic E-state index is 11.2. The highest BCUT2D eigenvalue weighted by atomic mass is 32.1. The van der Waals surface area contributed by atoms with E-state index in [9.17, 15) is 9.59 Å². The molecule has 0 spiro atoms. The Morgan fingerprint density at radius 2 is 2.33 bits per heavy atom. The molecule has 0 aromatic carbocycles. The second-order valence-electron chi connectivity index (χ2n) is 2.45. The van der Waals surface area contributed by atoms with Gasteiger partial charge in [0.15, 0.2) is 0 Å². The van der Waals surface area contributed by atoms with Crippen molar-refractivity contribution in [2.24, 2.45) is 0 Å². The van der Waals surface area contributed by atoms with E-state index in [-0.39, 0.29) is 0 Å². The summed E-state index contributed by atoms with van der Waals surface area (Å²) in [6.45, 7) is 0.650. The number of anilines is 1. The summed E-state index contributed by atoms with van der Waals surface area (Å²) in [6, 6.07) is 0. The smallest absolute Gasteiger partial charge is 0.315 e. The molecule has 0 atom stereocenters. The summed E-state index contributed by atoms with van der Waals surface area (Å²) in [5, 5.41) is 12.1. The Morgan fingerprint density at radius 1 is 1.53 bits per heavy atom. The van der Waals surface area contributed by atoms with Gasteiger partial charge in [-0.05, 0) is 0 Å². The summed E-state index contributed by atoms with van der Waals surface area (Å²) >= 11 is 1.14. The lowest BCUT2D eigenvalue weighted by atomic mass is 10.5. The van der Waals surface area contributed by atoms with Crippen LogP contribution < -0.4 is 10.6 Å². The minimum Gasteiger partial charge on any atom is -0.383 e. The molecule has 1 aromatic heterocycles. The van der Waals surface area contributed by atoms with Gasteiger partial charge in [0, 0.05) is 13.7 Å².